The van der Waals surface area contributed by atoms with Crippen molar-refractivity contribution < 1.29 is 0 Å². The van der Waals surface area contributed by atoms with Gasteiger partial charge < -0.3 is 5.32 Å². The number of rotatable bonds is 4. The molecule has 1 unspecified atom stereocenters. The van der Waals surface area contributed by atoms with Gasteiger partial charge in [0.25, 0.3) is 0 Å². The number of nitrogens with one attached hydrogen (secondary N) is 1. The molecule has 1 aromatic heterocycles. The molecule has 0 saturated heterocycles. The molecule has 0 aliphatic rings. The predicted molar refractivity (Wildman–Crippen MR) is 72.5 cm³/mol. The smallest absolute Gasteiger partial charge is 0.147 e. The summed E-state index contributed by atoms with van der Waals surface area (Å²) in [7, 11) is 1.98. The normalized spacial score (nSPS) is 12.7. The molecule has 0 radical (unpaired) electrons. The van der Waals surface area contributed by atoms with Gasteiger partial charge in [0, 0.05) is 0 Å². The Morgan fingerprint density at radius 3 is 2.33 bits per heavy atom. The highest BCUT2D eigenvalue weighted by molar-refractivity contribution is 5.24. The lowest BCUT2D eigenvalue weighted by molar-refractivity contribution is 0.458. The predicted octanol–water partition coefficient (Wildman–Crippen LogP) is 2.16. The highest BCUT2D eigenvalue weighted by atomic mass is 15.3. The van der Waals surface area contributed by atoms with Gasteiger partial charge in [-0.15, -0.1) is 0 Å². The molecular weight excluding hydrogens is 224 g/mol. The second kappa shape index (κ2) is 5.31. The molecule has 18 heavy (non-hydrogen) atoms. The van der Waals surface area contributed by atoms with Crippen LogP contribution in [0.4, 0.5) is 0 Å². The molecule has 0 aliphatic carbocycles. The van der Waals surface area contributed by atoms with Crippen LogP contribution in [0.5, 0.6) is 0 Å². The Bertz CT molecular complexity index is 513. The van der Waals surface area contributed by atoms with Crippen LogP contribution in [0.25, 0.3) is 0 Å². The summed E-state index contributed by atoms with van der Waals surface area (Å²) in [5, 5.41) is 7.74. The van der Waals surface area contributed by atoms with Gasteiger partial charge in [-0.3, -0.25) is 0 Å². The molecule has 2 rings (SSSR count). The second-order valence-corrected chi connectivity index (χ2v) is 4.64. The zero-order valence-electron chi connectivity index (χ0n) is 11.4. The zero-order chi connectivity index (χ0) is 13.1. The van der Waals surface area contributed by atoms with E-state index in [1.54, 1.807) is 0 Å². The highest BCUT2D eigenvalue weighted by Crippen LogP contribution is 2.16. The van der Waals surface area contributed by atoms with Crippen LogP contribution in [0, 0.1) is 20.8 Å². The minimum Gasteiger partial charge on any atom is -0.311 e. The second-order valence-electron chi connectivity index (χ2n) is 4.64. The molecule has 1 atom stereocenters. The summed E-state index contributed by atoms with van der Waals surface area (Å²) in [4.78, 5) is 4.33. The van der Waals surface area contributed by atoms with E-state index in [1.165, 1.54) is 11.1 Å². The van der Waals surface area contributed by atoms with E-state index in [1.807, 2.05) is 25.6 Å². The quantitative estimate of drug-likeness (QED) is 0.896. The van der Waals surface area contributed by atoms with Gasteiger partial charge in [0.2, 0.25) is 0 Å². The van der Waals surface area contributed by atoms with Crippen molar-refractivity contribution in [3.05, 3.63) is 47.0 Å². The van der Waals surface area contributed by atoms with Crippen molar-refractivity contribution in [1.29, 1.82) is 0 Å². The third kappa shape index (κ3) is 2.76. The van der Waals surface area contributed by atoms with E-state index in [0.717, 1.165) is 18.2 Å². The monoisotopic (exact) mass is 244 g/mol. The van der Waals surface area contributed by atoms with E-state index in [2.05, 4.69) is 46.6 Å². The van der Waals surface area contributed by atoms with Crippen LogP contribution in [0.15, 0.2) is 24.3 Å². The van der Waals surface area contributed by atoms with Crippen molar-refractivity contribution in [2.45, 2.75) is 33.4 Å². The molecule has 0 fully saturated rings. The minimum atomic E-state index is 0.255. The fourth-order valence-electron chi connectivity index (χ4n) is 2.07. The minimum absolute atomic E-state index is 0.255. The number of hydrogen-bond acceptors (Lipinski definition) is 3. The van der Waals surface area contributed by atoms with Gasteiger partial charge in [0.1, 0.15) is 11.6 Å². The van der Waals surface area contributed by atoms with Crippen LogP contribution < -0.4 is 5.32 Å². The molecular formula is C14H20N4. The first-order chi connectivity index (χ1) is 8.60. The van der Waals surface area contributed by atoms with Crippen molar-refractivity contribution in [2.75, 3.05) is 7.05 Å². The number of benzene rings is 1. The molecule has 1 N–H and O–H groups in total. The van der Waals surface area contributed by atoms with E-state index in [-0.39, 0.29) is 6.04 Å². The van der Waals surface area contributed by atoms with Crippen LogP contribution in [-0.4, -0.2) is 21.8 Å². The van der Waals surface area contributed by atoms with E-state index < -0.39 is 0 Å². The summed E-state index contributed by atoms with van der Waals surface area (Å²) in [6.45, 7) is 6.81. The first-order valence-electron chi connectivity index (χ1n) is 6.22. The number of hydrogen-bond donors (Lipinski definition) is 1. The van der Waals surface area contributed by atoms with Crippen molar-refractivity contribution in [3.63, 3.8) is 0 Å². The van der Waals surface area contributed by atoms with E-state index in [9.17, 15) is 0 Å². The molecule has 96 valence electrons. The maximum Gasteiger partial charge on any atom is 0.147 e. The molecule has 0 bridgehead atoms. The summed E-state index contributed by atoms with van der Waals surface area (Å²) >= 11 is 0. The van der Waals surface area contributed by atoms with Gasteiger partial charge >= 0.3 is 0 Å². The van der Waals surface area contributed by atoms with Crippen LogP contribution in [0.3, 0.4) is 0 Å². The third-order valence-electron chi connectivity index (χ3n) is 3.15. The van der Waals surface area contributed by atoms with Gasteiger partial charge in [-0.25, -0.2) is 9.67 Å². The first-order valence-corrected chi connectivity index (χ1v) is 6.22. The molecule has 0 amide bonds. The zero-order valence-corrected chi connectivity index (χ0v) is 11.4. The lowest BCUT2D eigenvalue weighted by Gasteiger charge is -2.17. The molecule has 0 saturated carbocycles. The maximum atomic E-state index is 4.41. The van der Waals surface area contributed by atoms with Gasteiger partial charge in [0.15, 0.2) is 0 Å². The fourth-order valence-corrected chi connectivity index (χ4v) is 2.07. The Morgan fingerprint density at radius 1 is 1.17 bits per heavy atom. The largest absolute Gasteiger partial charge is 0.311 e. The van der Waals surface area contributed by atoms with Crippen LogP contribution in [0.1, 0.15) is 28.8 Å². The van der Waals surface area contributed by atoms with E-state index in [0.29, 0.717) is 0 Å². The number of aryl methyl sites for hydroxylation is 3. The van der Waals surface area contributed by atoms with Crippen LogP contribution >= 0.6 is 0 Å². The fraction of sp³-hybridized carbons (Fsp3) is 0.429. The first kappa shape index (κ1) is 12.8. The Hall–Kier alpha value is -1.68. The lowest BCUT2D eigenvalue weighted by Crippen LogP contribution is -2.23. The third-order valence-corrected chi connectivity index (χ3v) is 3.15. The number of nitrogens with zero attached hydrogens (tertiary/aromatic N) is 3. The standard InChI is InChI=1S/C14H20N4/c1-10-5-7-13(8-6-10)14(15-4)9-18-12(3)16-11(2)17-18/h5-8,14-15H,9H2,1-4H3. The van der Waals surface area contributed by atoms with Gasteiger partial charge in [-0.1, -0.05) is 29.8 Å². The lowest BCUT2D eigenvalue weighted by atomic mass is 10.1. The van der Waals surface area contributed by atoms with Gasteiger partial charge in [-0.05, 0) is 33.4 Å². The Labute approximate surface area is 108 Å². The SMILES string of the molecule is CNC(Cn1nc(C)nc1C)c1ccc(C)cc1. The summed E-state index contributed by atoms with van der Waals surface area (Å²) in [5.74, 6) is 1.78. The van der Waals surface area contributed by atoms with Crippen LogP contribution in [0.2, 0.25) is 0 Å². The molecule has 1 aromatic carbocycles. The van der Waals surface area contributed by atoms with Gasteiger partial charge in [-0.2, -0.15) is 5.10 Å². The maximum absolute atomic E-state index is 4.41. The summed E-state index contributed by atoms with van der Waals surface area (Å²) in [6.07, 6.45) is 0. The highest BCUT2D eigenvalue weighted by Gasteiger charge is 2.12. The van der Waals surface area contributed by atoms with Gasteiger partial charge in [0.05, 0.1) is 12.6 Å². The van der Waals surface area contributed by atoms with Crippen molar-refractivity contribution in [2.24, 2.45) is 0 Å². The average Bonchev–Trinajstić information content (AvgIpc) is 2.66. The van der Waals surface area contributed by atoms with Crippen molar-refractivity contribution >= 4 is 0 Å². The van der Waals surface area contributed by atoms with E-state index in [4.69, 9.17) is 0 Å². The number of aromatic nitrogens is 3. The summed E-state index contributed by atoms with van der Waals surface area (Å²) in [6, 6.07) is 8.86. The molecule has 4 heteroatoms. The Morgan fingerprint density at radius 2 is 1.83 bits per heavy atom. The molecule has 1 heterocycles. The molecule has 0 aliphatic heterocycles. The van der Waals surface area contributed by atoms with Crippen molar-refractivity contribution in [1.82, 2.24) is 20.1 Å². The summed E-state index contributed by atoms with van der Waals surface area (Å²) in [5.41, 5.74) is 2.55. The van der Waals surface area contributed by atoms with E-state index >= 15 is 0 Å². The Kier molecular flexibility index (Phi) is 3.77. The number of likely N-dealkylation sites (N-methyl/N-ethyl adjacent to an activating group) is 1. The van der Waals surface area contributed by atoms with Crippen molar-refractivity contribution in [3.8, 4) is 0 Å². The molecule has 2 aromatic rings. The summed E-state index contributed by atoms with van der Waals surface area (Å²) < 4.78 is 1.95. The topological polar surface area (TPSA) is 42.7 Å². The molecule has 4 nitrogen and oxygen atoms in total. The Balaban J connectivity index is 2.19. The molecule has 0 spiro atoms. The van der Waals surface area contributed by atoms with Crippen LogP contribution in [-0.2, 0) is 6.54 Å². The average molecular weight is 244 g/mol.